The molecule has 0 nitrogen and oxygen atoms in total. The van der Waals surface area contributed by atoms with E-state index in [1.54, 1.807) is 0 Å². The Hall–Kier alpha value is -1.51. The molecule has 0 saturated carbocycles. The molecule has 0 aliphatic carbocycles. The smallest absolute Gasteiger partial charge is 0.167 e. The van der Waals surface area contributed by atoms with Crippen molar-refractivity contribution in [3.63, 3.8) is 0 Å². The summed E-state index contributed by atoms with van der Waals surface area (Å²) >= 11 is 0. The van der Waals surface area contributed by atoms with Crippen molar-refractivity contribution in [2.24, 2.45) is 0 Å². The first-order valence-electron chi connectivity index (χ1n) is 3.55. The van der Waals surface area contributed by atoms with Crippen LogP contribution in [0.2, 0.25) is 0 Å². The van der Waals surface area contributed by atoms with Gasteiger partial charge in [-0.2, -0.15) is 0 Å². The van der Waals surface area contributed by atoms with Crippen LogP contribution in [0.15, 0.2) is 18.2 Å². The molecular formula is C10H3F3. The predicted octanol–water partition coefficient (Wildman–Crippen LogP) is 2.86. The third kappa shape index (κ3) is 1.26. The van der Waals surface area contributed by atoms with Crippen molar-refractivity contribution in [1.29, 1.82) is 0 Å². The van der Waals surface area contributed by atoms with Crippen LogP contribution in [-0.4, -0.2) is 0 Å². The quantitative estimate of drug-likeness (QED) is 0.584. The highest BCUT2D eigenvalue weighted by atomic mass is 19.2. The van der Waals surface area contributed by atoms with Crippen LogP contribution in [0.4, 0.5) is 13.2 Å². The molecule has 3 heteroatoms. The first kappa shape index (κ1) is 8.10. The maximum absolute atomic E-state index is 13.0. The van der Waals surface area contributed by atoms with E-state index in [1.807, 2.05) is 6.07 Å². The summed E-state index contributed by atoms with van der Waals surface area (Å²) in [4.78, 5) is 0. The highest BCUT2D eigenvalue weighted by molar-refractivity contribution is 5.82. The van der Waals surface area contributed by atoms with Crippen LogP contribution in [0.5, 0.6) is 0 Å². The summed E-state index contributed by atoms with van der Waals surface area (Å²) in [6.45, 7) is 0. The van der Waals surface area contributed by atoms with Crippen molar-refractivity contribution in [3.05, 3.63) is 47.8 Å². The molecule has 0 heterocycles. The molecule has 2 radical (unpaired) electrons. The van der Waals surface area contributed by atoms with Crippen LogP contribution >= 0.6 is 0 Å². The fraction of sp³-hybridized carbons (Fsp3) is 0. The zero-order chi connectivity index (χ0) is 9.42. The Balaban J connectivity index is 2.87. The second-order valence-corrected chi connectivity index (χ2v) is 2.57. The average molecular weight is 180 g/mol. The van der Waals surface area contributed by atoms with Crippen molar-refractivity contribution < 1.29 is 13.2 Å². The summed E-state index contributed by atoms with van der Waals surface area (Å²) in [7, 11) is 0. The Morgan fingerprint density at radius 3 is 2.54 bits per heavy atom. The van der Waals surface area contributed by atoms with Crippen molar-refractivity contribution in [1.82, 2.24) is 0 Å². The third-order valence-corrected chi connectivity index (χ3v) is 1.73. The standard InChI is InChI=1S/C10H3F3/c11-7-2-3-8-6(5-7)1-4-9(12)10(8)13/h1,3,5H. The Bertz CT molecular complexity index is 463. The van der Waals surface area contributed by atoms with Gasteiger partial charge in [-0.05, 0) is 23.6 Å². The van der Waals surface area contributed by atoms with Crippen LogP contribution in [0.25, 0.3) is 10.8 Å². The van der Waals surface area contributed by atoms with E-state index < -0.39 is 17.5 Å². The topological polar surface area (TPSA) is 0 Å². The maximum atomic E-state index is 13.0. The summed E-state index contributed by atoms with van der Waals surface area (Å²) in [5.41, 5.74) is 0. The normalized spacial score (nSPS) is 10.7. The van der Waals surface area contributed by atoms with Gasteiger partial charge in [0, 0.05) is 17.5 Å². The van der Waals surface area contributed by atoms with Crippen molar-refractivity contribution in [2.75, 3.05) is 0 Å². The van der Waals surface area contributed by atoms with Gasteiger partial charge in [0.1, 0.15) is 5.82 Å². The van der Waals surface area contributed by atoms with E-state index in [0.717, 1.165) is 12.1 Å². The first-order chi connectivity index (χ1) is 6.18. The van der Waals surface area contributed by atoms with Gasteiger partial charge in [-0.25, -0.2) is 13.2 Å². The molecule has 0 saturated heterocycles. The monoisotopic (exact) mass is 180 g/mol. The summed E-state index contributed by atoms with van der Waals surface area (Å²) in [6, 6.07) is 7.56. The van der Waals surface area contributed by atoms with E-state index >= 15 is 0 Å². The molecule has 0 aliphatic rings. The average Bonchev–Trinajstić information content (AvgIpc) is 2.12. The summed E-state index contributed by atoms with van der Waals surface area (Å²) in [5, 5.41) is 0.285. The lowest BCUT2D eigenvalue weighted by Gasteiger charge is -1.98. The highest BCUT2D eigenvalue weighted by Crippen LogP contribution is 2.20. The second kappa shape index (κ2) is 2.76. The lowest BCUT2D eigenvalue weighted by atomic mass is 10.1. The highest BCUT2D eigenvalue weighted by Gasteiger charge is 2.07. The van der Waals surface area contributed by atoms with Crippen molar-refractivity contribution in [3.8, 4) is 0 Å². The molecule has 0 amide bonds. The van der Waals surface area contributed by atoms with Crippen LogP contribution in [0.1, 0.15) is 0 Å². The number of halogens is 3. The molecule has 2 rings (SSSR count). The molecule has 0 N–H and O–H groups in total. The third-order valence-electron chi connectivity index (χ3n) is 1.73. The Morgan fingerprint density at radius 1 is 1.00 bits per heavy atom. The van der Waals surface area contributed by atoms with Crippen LogP contribution in [-0.2, 0) is 0 Å². The minimum absolute atomic E-state index is 0.0117. The molecule has 2 aromatic rings. The van der Waals surface area contributed by atoms with E-state index in [9.17, 15) is 13.2 Å². The zero-order valence-electron chi connectivity index (χ0n) is 6.37. The van der Waals surface area contributed by atoms with Gasteiger partial charge in [-0.3, -0.25) is 0 Å². The molecule has 0 atom stereocenters. The molecule has 0 unspecified atom stereocenters. The second-order valence-electron chi connectivity index (χ2n) is 2.57. The number of hydrogen-bond donors (Lipinski definition) is 0. The summed E-state index contributed by atoms with van der Waals surface area (Å²) in [6.07, 6.45) is 0. The fourth-order valence-corrected chi connectivity index (χ4v) is 1.11. The summed E-state index contributed by atoms with van der Waals surface area (Å²) in [5.74, 6) is -2.69. The lowest BCUT2D eigenvalue weighted by molar-refractivity contribution is 0.515. The van der Waals surface area contributed by atoms with Crippen LogP contribution < -0.4 is 0 Å². The van der Waals surface area contributed by atoms with Gasteiger partial charge in [0.2, 0.25) is 0 Å². The van der Waals surface area contributed by atoms with Gasteiger partial charge in [0.05, 0.1) is 0 Å². The first-order valence-corrected chi connectivity index (χ1v) is 3.55. The van der Waals surface area contributed by atoms with Gasteiger partial charge in [-0.15, -0.1) is 0 Å². The predicted molar refractivity (Wildman–Crippen MR) is 41.5 cm³/mol. The number of benzene rings is 2. The molecule has 0 fully saturated rings. The number of rotatable bonds is 0. The number of fused-ring (bicyclic) bond motifs is 1. The minimum Gasteiger partial charge on any atom is -0.206 e. The molecule has 2 aromatic carbocycles. The fourth-order valence-electron chi connectivity index (χ4n) is 1.11. The van der Waals surface area contributed by atoms with E-state index in [0.29, 0.717) is 0 Å². The van der Waals surface area contributed by atoms with Gasteiger partial charge < -0.3 is 0 Å². The Morgan fingerprint density at radius 2 is 1.77 bits per heavy atom. The largest absolute Gasteiger partial charge is 0.206 e. The molecule has 64 valence electrons. The Labute approximate surface area is 72.6 Å². The van der Waals surface area contributed by atoms with Crippen LogP contribution in [0, 0.1) is 29.6 Å². The molecule has 0 aromatic heterocycles. The van der Waals surface area contributed by atoms with Gasteiger partial charge >= 0.3 is 0 Å². The van der Waals surface area contributed by atoms with Gasteiger partial charge in [0.25, 0.3) is 0 Å². The Kier molecular flexibility index (Phi) is 1.72. The van der Waals surface area contributed by atoms with Crippen molar-refractivity contribution >= 4 is 10.8 Å². The van der Waals surface area contributed by atoms with Crippen LogP contribution in [0.3, 0.4) is 0 Å². The lowest BCUT2D eigenvalue weighted by Crippen LogP contribution is -1.87. The zero-order valence-corrected chi connectivity index (χ0v) is 6.37. The molecule has 0 aliphatic heterocycles. The van der Waals surface area contributed by atoms with E-state index in [4.69, 9.17) is 0 Å². The van der Waals surface area contributed by atoms with Gasteiger partial charge in [0.15, 0.2) is 11.6 Å². The van der Waals surface area contributed by atoms with E-state index in [-0.39, 0.29) is 10.8 Å². The van der Waals surface area contributed by atoms with E-state index in [2.05, 4.69) is 6.07 Å². The SMILES string of the molecule is Fc1[c]cc2c(F)c(F)[c]cc2c1. The van der Waals surface area contributed by atoms with Gasteiger partial charge in [-0.1, -0.05) is 0 Å². The van der Waals surface area contributed by atoms with E-state index in [1.165, 1.54) is 6.07 Å². The molecule has 0 spiro atoms. The molecule has 0 bridgehead atoms. The maximum Gasteiger partial charge on any atom is 0.167 e. The van der Waals surface area contributed by atoms with Crippen molar-refractivity contribution in [2.45, 2.75) is 0 Å². The molecular weight excluding hydrogens is 177 g/mol. The molecule has 13 heavy (non-hydrogen) atoms. The minimum atomic E-state index is -1.06. The number of hydrogen-bond acceptors (Lipinski definition) is 0. The summed E-state index contributed by atoms with van der Waals surface area (Å²) < 4.78 is 38.2.